The lowest BCUT2D eigenvalue weighted by Crippen LogP contribution is -2.03. The number of aromatic nitrogens is 5. The Hall–Kier alpha value is -1.88. The molecule has 0 aliphatic heterocycles. The third kappa shape index (κ3) is 2.93. The molecule has 2 aromatic heterocycles. The zero-order chi connectivity index (χ0) is 14.7. The van der Waals surface area contributed by atoms with Gasteiger partial charge in [0.15, 0.2) is 0 Å². The van der Waals surface area contributed by atoms with Crippen molar-refractivity contribution in [3.05, 3.63) is 41.9 Å². The van der Waals surface area contributed by atoms with Crippen LogP contribution < -0.4 is 0 Å². The van der Waals surface area contributed by atoms with Gasteiger partial charge in [0.1, 0.15) is 0 Å². The molecular weight excluding hydrogens is 286 g/mol. The SMILES string of the molecule is CCn1nc(Cn2cc(CCCCl)nn2)c2ccccc21. The van der Waals surface area contributed by atoms with Crippen molar-refractivity contribution >= 4 is 22.5 Å². The average Bonchev–Trinajstić information content (AvgIpc) is 3.10. The van der Waals surface area contributed by atoms with Gasteiger partial charge in [-0.2, -0.15) is 5.10 Å². The van der Waals surface area contributed by atoms with E-state index in [0.29, 0.717) is 12.4 Å². The predicted octanol–water partition coefficient (Wildman–Crippen LogP) is 2.87. The zero-order valence-corrected chi connectivity index (χ0v) is 12.8. The Labute approximate surface area is 128 Å². The van der Waals surface area contributed by atoms with Crippen molar-refractivity contribution in [1.82, 2.24) is 24.8 Å². The maximum Gasteiger partial charge on any atom is 0.0918 e. The number of hydrogen-bond acceptors (Lipinski definition) is 3. The fourth-order valence-electron chi connectivity index (χ4n) is 2.49. The summed E-state index contributed by atoms with van der Waals surface area (Å²) in [4.78, 5) is 0. The van der Waals surface area contributed by atoms with E-state index in [2.05, 4.69) is 34.5 Å². The van der Waals surface area contributed by atoms with Crippen LogP contribution in [0.5, 0.6) is 0 Å². The second-order valence-corrected chi connectivity index (χ2v) is 5.36. The van der Waals surface area contributed by atoms with Crippen LogP contribution in [0, 0.1) is 0 Å². The van der Waals surface area contributed by atoms with Crippen molar-refractivity contribution in [1.29, 1.82) is 0 Å². The van der Waals surface area contributed by atoms with E-state index in [1.165, 1.54) is 5.39 Å². The molecule has 0 N–H and O–H groups in total. The maximum absolute atomic E-state index is 5.70. The van der Waals surface area contributed by atoms with Crippen molar-refractivity contribution in [3.63, 3.8) is 0 Å². The van der Waals surface area contributed by atoms with Crippen LogP contribution in [0.1, 0.15) is 24.7 Å². The lowest BCUT2D eigenvalue weighted by atomic mass is 10.2. The van der Waals surface area contributed by atoms with E-state index in [-0.39, 0.29) is 0 Å². The second kappa shape index (κ2) is 6.26. The Balaban J connectivity index is 1.86. The molecule has 0 aliphatic carbocycles. The van der Waals surface area contributed by atoms with Crippen molar-refractivity contribution in [2.75, 3.05) is 5.88 Å². The minimum absolute atomic E-state index is 0.640. The molecule has 0 atom stereocenters. The quantitative estimate of drug-likeness (QED) is 0.658. The van der Waals surface area contributed by atoms with Gasteiger partial charge < -0.3 is 0 Å². The fraction of sp³-hybridized carbons (Fsp3) is 0.400. The van der Waals surface area contributed by atoms with Gasteiger partial charge in [-0.1, -0.05) is 23.4 Å². The smallest absolute Gasteiger partial charge is 0.0918 e. The molecule has 6 heteroatoms. The Morgan fingerprint density at radius 3 is 2.90 bits per heavy atom. The van der Waals surface area contributed by atoms with Gasteiger partial charge >= 0.3 is 0 Å². The molecule has 0 bridgehead atoms. The Kier molecular flexibility index (Phi) is 4.20. The molecule has 5 nitrogen and oxygen atoms in total. The topological polar surface area (TPSA) is 48.5 Å². The van der Waals surface area contributed by atoms with Crippen LogP contribution >= 0.6 is 11.6 Å². The number of alkyl halides is 1. The summed E-state index contributed by atoms with van der Waals surface area (Å²) in [5, 5.41) is 14.2. The third-order valence-corrected chi connectivity index (χ3v) is 3.77. The summed E-state index contributed by atoms with van der Waals surface area (Å²) >= 11 is 5.70. The predicted molar refractivity (Wildman–Crippen MR) is 83.6 cm³/mol. The normalized spacial score (nSPS) is 11.3. The molecule has 0 unspecified atom stereocenters. The summed E-state index contributed by atoms with van der Waals surface area (Å²) in [6.45, 7) is 3.60. The molecule has 0 spiro atoms. The highest BCUT2D eigenvalue weighted by Gasteiger charge is 2.10. The number of nitrogens with zero attached hydrogens (tertiary/aromatic N) is 5. The number of aryl methyl sites for hydroxylation is 2. The van der Waals surface area contributed by atoms with Crippen molar-refractivity contribution < 1.29 is 0 Å². The molecule has 110 valence electrons. The molecule has 0 aliphatic rings. The number of benzene rings is 1. The van der Waals surface area contributed by atoms with Crippen LogP contribution in [0.15, 0.2) is 30.5 Å². The van der Waals surface area contributed by atoms with Crippen LogP contribution in [0.3, 0.4) is 0 Å². The first kappa shape index (κ1) is 14.1. The summed E-state index contributed by atoms with van der Waals surface area (Å²) < 4.78 is 3.87. The molecule has 3 rings (SSSR count). The fourth-order valence-corrected chi connectivity index (χ4v) is 2.62. The van der Waals surface area contributed by atoms with Gasteiger partial charge in [-0.05, 0) is 25.8 Å². The van der Waals surface area contributed by atoms with Gasteiger partial charge in [0.05, 0.1) is 23.4 Å². The van der Waals surface area contributed by atoms with E-state index in [4.69, 9.17) is 11.6 Å². The highest BCUT2D eigenvalue weighted by Crippen LogP contribution is 2.19. The lowest BCUT2D eigenvalue weighted by Gasteiger charge is -1.97. The van der Waals surface area contributed by atoms with Crippen LogP contribution in [0.2, 0.25) is 0 Å². The van der Waals surface area contributed by atoms with E-state index in [1.807, 2.05) is 27.7 Å². The molecule has 0 radical (unpaired) electrons. The molecule has 0 saturated heterocycles. The highest BCUT2D eigenvalue weighted by molar-refractivity contribution is 6.17. The first-order chi connectivity index (χ1) is 10.3. The molecule has 1 aromatic carbocycles. The first-order valence-corrected chi connectivity index (χ1v) is 7.74. The van der Waals surface area contributed by atoms with Crippen molar-refractivity contribution in [2.45, 2.75) is 32.9 Å². The van der Waals surface area contributed by atoms with Gasteiger partial charge in [0.2, 0.25) is 0 Å². The van der Waals surface area contributed by atoms with Gasteiger partial charge in [0, 0.05) is 24.0 Å². The monoisotopic (exact) mass is 303 g/mol. The molecule has 0 fully saturated rings. The first-order valence-electron chi connectivity index (χ1n) is 7.21. The summed E-state index contributed by atoms with van der Waals surface area (Å²) in [6.07, 6.45) is 3.77. The van der Waals surface area contributed by atoms with Crippen LogP contribution in [-0.2, 0) is 19.5 Å². The average molecular weight is 304 g/mol. The van der Waals surface area contributed by atoms with Crippen molar-refractivity contribution in [3.8, 4) is 0 Å². The second-order valence-electron chi connectivity index (χ2n) is 4.98. The van der Waals surface area contributed by atoms with E-state index < -0.39 is 0 Å². The number of fused-ring (bicyclic) bond motifs is 1. The van der Waals surface area contributed by atoms with Gasteiger partial charge in [0.25, 0.3) is 0 Å². The largest absolute Gasteiger partial charge is 0.265 e. The Morgan fingerprint density at radius 2 is 2.10 bits per heavy atom. The van der Waals surface area contributed by atoms with Crippen molar-refractivity contribution in [2.24, 2.45) is 0 Å². The van der Waals surface area contributed by atoms with Crippen LogP contribution in [0.4, 0.5) is 0 Å². The summed E-state index contributed by atoms with van der Waals surface area (Å²) in [5.74, 6) is 0.651. The highest BCUT2D eigenvalue weighted by atomic mass is 35.5. The molecular formula is C15H18ClN5. The lowest BCUT2D eigenvalue weighted by molar-refractivity contribution is 0.611. The van der Waals surface area contributed by atoms with Gasteiger partial charge in [-0.3, -0.25) is 4.68 Å². The Morgan fingerprint density at radius 1 is 1.24 bits per heavy atom. The summed E-state index contributed by atoms with van der Waals surface area (Å²) in [6, 6.07) is 8.29. The van der Waals surface area contributed by atoms with E-state index in [1.54, 1.807) is 0 Å². The van der Waals surface area contributed by atoms with E-state index >= 15 is 0 Å². The third-order valence-electron chi connectivity index (χ3n) is 3.50. The van der Waals surface area contributed by atoms with E-state index in [9.17, 15) is 0 Å². The minimum Gasteiger partial charge on any atom is -0.265 e. The maximum atomic E-state index is 5.70. The minimum atomic E-state index is 0.640. The molecule has 0 amide bonds. The molecule has 0 saturated carbocycles. The van der Waals surface area contributed by atoms with E-state index in [0.717, 1.165) is 36.3 Å². The molecule has 21 heavy (non-hydrogen) atoms. The number of rotatable bonds is 6. The molecule has 2 heterocycles. The van der Waals surface area contributed by atoms with Gasteiger partial charge in [-0.25, -0.2) is 4.68 Å². The molecule has 3 aromatic rings. The van der Waals surface area contributed by atoms with Crippen LogP contribution in [0.25, 0.3) is 10.9 Å². The number of para-hydroxylation sites is 1. The van der Waals surface area contributed by atoms with Gasteiger partial charge in [-0.15, -0.1) is 16.7 Å². The van der Waals surface area contributed by atoms with Crippen LogP contribution in [-0.4, -0.2) is 30.7 Å². The standard InChI is InChI=1S/C15H18ClN5/c1-2-21-15-8-4-3-7-13(15)14(18-21)11-20-10-12(17-19-20)6-5-9-16/h3-4,7-8,10H,2,5-6,9,11H2,1H3. The Bertz CT molecular complexity index is 731. The number of hydrogen-bond donors (Lipinski definition) is 0. The zero-order valence-electron chi connectivity index (χ0n) is 12.0. The summed E-state index contributed by atoms with van der Waals surface area (Å²) in [7, 11) is 0. The summed E-state index contributed by atoms with van der Waals surface area (Å²) in [5.41, 5.74) is 3.17. The number of halogens is 1.